The Morgan fingerprint density at radius 2 is 2.35 bits per heavy atom. The van der Waals surface area contributed by atoms with E-state index < -0.39 is 11.8 Å². The average molecular weight is 276 g/mol. The summed E-state index contributed by atoms with van der Waals surface area (Å²) in [7, 11) is 0. The van der Waals surface area contributed by atoms with Crippen LogP contribution in [0.2, 0.25) is 0 Å². The highest BCUT2D eigenvalue weighted by Gasteiger charge is 2.16. The maximum atomic E-state index is 13.4. The second-order valence-electron chi connectivity index (χ2n) is 3.55. The molecule has 0 fully saturated rings. The van der Waals surface area contributed by atoms with Gasteiger partial charge in [0.15, 0.2) is 11.4 Å². The van der Waals surface area contributed by atoms with Gasteiger partial charge < -0.3 is 13.9 Å². The Hall–Kier alpha value is -2.88. The van der Waals surface area contributed by atoms with Crippen LogP contribution in [-0.2, 0) is 4.74 Å². The van der Waals surface area contributed by atoms with Crippen molar-refractivity contribution in [1.82, 2.24) is 4.98 Å². The van der Waals surface area contributed by atoms with Crippen molar-refractivity contribution >= 4 is 5.97 Å². The zero-order chi connectivity index (χ0) is 14.5. The van der Waals surface area contributed by atoms with Gasteiger partial charge in [0, 0.05) is 0 Å². The molecule has 0 bridgehead atoms. The minimum absolute atomic E-state index is 0.0511. The molecule has 2 rings (SSSR count). The Kier molecular flexibility index (Phi) is 3.96. The van der Waals surface area contributed by atoms with E-state index in [0.29, 0.717) is 0 Å². The molecule has 0 radical (unpaired) electrons. The van der Waals surface area contributed by atoms with Crippen molar-refractivity contribution in [2.75, 3.05) is 6.61 Å². The number of hydrogen-bond donors (Lipinski definition) is 0. The lowest BCUT2D eigenvalue weighted by Gasteiger charge is -2.02. The van der Waals surface area contributed by atoms with Crippen LogP contribution in [0.5, 0.6) is 11.8 Å². The van der Waals surface area contributed by atoms with Gasteiger partial charge >= 0.3 is 12.0 Å². The fourth-order valence-corrected chi connectivity index (χ4v) is 1.39. The fourth-order valence-electron chi connectivity index (χ4n) is 1.39. The molecule has 0 aliphatic carbocycles. The van der Waals surface area contributed by atoms with Gasteiger partial charge in [0.1, 0.15) is 23.7 Å². The van der Waals surface area contributed by atoms with E-state index in [2.05, 4.69) is 4.98 Å². The highest BCUT2D eigenvalue weighted by atomic mass is 19.1. The molecule has 6 nitrogen and oxygen atoms in total. The predicted molar refractivity (Wildman–Crippen MR) is 63.6 cm³/mol. The van der Waals surface area contributed by atoms with E-state index in [1.54, 1.807) is 13.0 Å². The fraction of sp³-hybridized carbons (Fsp3) is 0.154. The Bertz CT molecular complexity index is 675. The Balaban J connectivity index is 2.22. The van der Waals surface area contributed by atoms with Gasteiger partial charge in [-0.25, -0.2) is 9.18 Å². The van der Waals surface area contributed by atoms with Crippen molar-refractivity contribution in [2.45, 2.75) is 6.92 Å². The summed E-state index contributed by atoms with van der Waals surface area (Å²) < 4.78 is 28.1. The number of carbonyl (C=O) groups is 1. The van der Waals surface area contributed by atoms with Crippen molar-refractivity contribution in [1.29, 1.82) is 5.26 Å². The van der Waals surface area contributed by atoms with Crippen molar-refractivity contribution in [3.8, 4) is 17.9 Å². The molecule has 0 saturated carbocycles. The average Bonchev–Trinajstić information content (AvgIpc) is 2.88. The van der Waals surface area contributed by atoms with Crippen LogP contribution in [0, 0.1) is 17.1 Å². The van der Waals surface area contributed by atoms with Crippen LogP contribution in [0.15, 0.2) is 28.9 Å². The van der Waals surface area contributed by atoms with E-state index >= 15 is 0 Å². The molecule has 0 aliphatic heterocycles. The normalized spacial score (nSPS) is 9.85. The molecule has 7 heteroatoms. The lowest BCUT2D eigenvalue weighted by Crippen LogP contribution is -2.04. The summed E-state index contributed by atoms with van der Waals surface area (Å²) in [4.78, 5) is 15.1. The number of nitriles is 1. The van der Waals surface area contributed by atoms with E-state index in [-0.39, 0.29) is 29.7 Å². The summed E-state index contributed by atoms with van der Waals surface area (Å²) in [6.07, 6.45) is 0.772. The molecule has 0 saturated heterocycles. The monoisotopic (exact) mass is 276 g/mol. The number of benzene rings is 1. The maximum Gasteiger partial charge on any atom is 0.399 e. The molecule has 1 aromatic carbocycles. The molecule has 20 heavy (non-hydrogen) atoms. The zero-order valence-corrected chi connectivity index (χ0v) is 10.4. The Labute approximate surface area is 113 Å². The number of rotatable bonds is 4. The maximum absolute atomic E-state index is 13.4. The first kappa shape index (κ1) is 13.5. The standard InChI is InChI=1S/C13H9FN2O4/c1-2-18-12(17)10-7-19-13(16-10)20-11-5-3-4-9(14)8(11)6-15/h3-5,7H,2H2,1H3. The van der Waals surface area contributed by atoms with Crippen LogP contribution < -0.4 is 4.74 Å². The van der Waals surface area contributed by atoms with Gasteiger partial charge in [-0.15, -0.1) is 0 Å². The first-order chi connectivity index (χ1) is 9.65. The van der Waals surface area contributed by atoms with Gasteiger partial charge in [-0.2, -0.15) is 10.2 Å². The van der Waals surface area contributed by atoms with Gasteiger partial charge in [-0.1, -0.05) is 6.07 Å². The van der Waals surface area contributed by atoms with E-state index in [0.717, 1.165) is 12.3 Å². The van der Waals surface area contributed by atoms with Crippen LogP contribution in [-0.4, -0.2) is 17.6 Å². The van der Waals surface area contributed by atoms with Crippen molar-refractivity contribution in [3.63, 3.8) is 0 Å². The first-order valence-electron chi connectivity index (χ1n) is 5.64. The van der Waals surface area contributed by atoms with E-state index in [9.17, 15) is 9.18 Å². The van der Waals surface area contributed by atoms with Crippen LogP contribution in [0.3, 0.4) is 0 Å². The van der Waals surface area contributed by atoms with Crippen LogP contribution in [0.4, 0.5) is 4.39 Å². The van der Waals surface area contributed by atoms with Gasteiger partial charge in [0.05, 0.1) is 6.61 Å². The Morgan fingerprint density at radius 3 is 3.05 bits per heavy atom. The lowest BCUT2D eigenvalue weighted by atomic mass is 10.2. The third-order valence-corrected chi connectivity index (χ3v) is 2.25. The van der Waals surface area contributed by atoms with Gasteiger partial charge in [-0.05, 0) is 19.1 Å². The molecule has 0 N–H and O–H groups in total. The molecule has 0 unspecified atom stereocenters. The van der Waals surface area contributed by atoms with Crippen LogP contribution >= 0.6 is 0 Å². The molecule has 2 aromatic rings. The summed E-state index contributed by atoms with van der Waals surface area (Å²) in [5, 5.41) is 8.85. The summed E-state index contributed by atoms with van der Waals surface area (Å²) in [5.74, 6) is -1.43. The van der Waals surface area contributed by atoms with E-state index in [1.165, 1.54) is 12.1 Å². The number of nitrogens with zero attached hydrogens (tertiary/aromatic N) is 2. The molecule has 0 spiro atoms. The zero-order valence-electron chi connectivity index (χ0n) is 10.4. The third-order valence-electron chi connectivity index (χ3n) is 2.25. The van der Waals surface area contributed by atoms with Crippen molar-refractivity contribution < 1.29 is 23.1 Å². The smallest absolute Gasteiger partial charge is 0.399 e. The molecule has 1 heterocycles. The molecular formula is C13H9FN2O4. The summed E-state index contributed by atoms with van der Waals surface area (Å²) >= 11 is 0. The molecule has 0 aliphatic rings. The topological polar surface area (TPSA) is 85.4 Å². The van der Waals surface area contributed by atoms with Crippen LogP contribution in [0.25, 0.3) is 0 Å². The van der Waals surface area contributed by atoms with Crippen LogP contribution in [0.1, 0.15) is 23.0 Å². The summed E-state index contributed by atoms with van der Waals surface area (Å²) in [6, 6.07) is 5.56. The minimum Gasteiger partial charge on any atom is -0.461 e. The Morgan fingerprint density at radius 1 is 1.55 bits per heavy atom. The minimum atomic E-state index is -0.720. The van der Waals surface area contributed by atoms with E-state index in [1.807, 2.05) is 0 Å². The van der Waals surface area contributed by atoms with Gasteiger partial charge in [0.25, 0.3) is 0 Å². The number of hydrogen-bond acceptors (Lipinski definition) is 6. The number of oxazole rings is 1. The molecular weight excluding hydrogens is 267 g/mol. The summed E-state index contributed by atoms with van der Waals surface area (Å²) in [6.45, 7) is 1.85. The molecule has 0 amide bonds. The van der Waals surface area contributed by atoms with Crippen molar-refractivity contribution in [2.24, 2.45) is 0 Å². The third kappa shape index (κ3) is 2.75. The van der Waals surface area contributed by atoms with Crippen molar-refractivity contribution in [3.05, 3.63) is 41.5 Å². The largest absolute Gasteiger partial charge is 0.461 e. The molecule has 0 atom stereocenters. The van der Waals surface area contributed by atoms with Gasteiger partial charge in [-0.3, -0.25) is 0 Å². The highest BCUT2D eigenvalue weighted by Crippen LogP contribution is 2.26. The first-order valence-corrected chi connectivity index (χ1v) is 5.64. The number of halogens is 1. The number of ether oxygens (including phenoxy) is 2. The summed E-state index contributed by atoms with van der Waals surface area (Å²) in [5.41, 5.74) is -0.347. The van der Waals surface area contributed by atoms with E-state index in [4.69, 9.17) is 19.2 Å². The highest BCUT2D eigenvalue weighted by molar-refractivity contribution is 5.86. The lowest BCUT2D eigenvalue weighted by molar-refractivity contribution is 0.0519. The van der Waals surface area contributed by atoms with Gasteiger partial charge in [0.2, 0.25) is 0 Å². The number of aromatic nitrogens is 1. The second kappa shape index (κ2) is 5.84. The SMILES string of the molecule is CCOC(=O)c1coc(Oc2cccc(F)c2C#N)n1. The second-order valence-corrected chi connectivity index (χ2v) is 3.55. The number of esters is 1. The quantitative estimate of drug-likeness (QED) is 0.798. The molecule has 1 aromatic heterocycles. The number of carbonyl (C=O) groups excluding carboxylic acids is 1. The predicted octanol–water partition coefficient (Wildman–Crippen LogP) is 2.65. The molecule has 102 valence electrons.